The first-order chi connectivity index (χ1) is 8.85. The molecule has 19 heavy (non-hydrogen) atoms. The van der Waals surface area contributed by atoms with Crippen molar-refractivity contribution in [2.24, 2.45) is 0 Å². The van der Waals surface area contributed by atoms with Gasteiger partial charge in [0.1, 0.15) is 0 Å². The molecule has 0 amide bonds. The summed E-state index contributed by atoms with van der Waals surface area (Å²) >= 11 is 2.50. The van der Waals surface area contributed by atoms with Gasteiger partial charge < -0.3 is 0 Å². The van der Waals surface area contributed by atoms with Crippen LogP contribution in [0.15, 0.2) is 18.2 Å². The van der Waals surface area contributed by atoms with Crippen LogP contribution in [-0.2, 0) is 16.0 Å². The normalized spacial score (nSPS) is 16.9. The Morgan fingerprint density at radius 2 is 1.84 bits per heavy atom. The van der Waals surface area contributed by atoms with Gasteiger partial charge in [0.2, 0.25) is 0 Å². The van der Waals surface area contributed by atoms with E-state index in [1.54, 1.807) is 12.1 Å². The van der Waals surface area contributed by atoms with Crippen LogP contribution in [0.5, 0.6) is 11.5 Å². The summed E-state index contributed by atoms with van der Waals surface area (Å²) in [4.78, 5) is 22.1. The Bertz CT molecular complexity index is 525. The molecule has 6 nitrogen and oxygen atoms in total. The molecule has 0 bridgehead atoms. The van der Waals surface area contributed by atoms with Crippen molar-refractivity contribution in [1.82, 2.24) is 0 Å². The number of fused-ring (bicyclic) bond motifs is 1. The predicted octanol–water partition coefficient (Wildman–Crippen LogP) is 0.843. The first kappa shape index (κ1) is 13.7. The maximum atomic E-state index is 11.1. The van der Waals surface area contributed by atoms with Gasteiger partial charge in [-0.2, -0.15) is 0 Å². The molecule has 1 aromatic rings. The van der Waals surface area contributed by atoms with Crippen LogP contribution in [0.2, 0.25) is 4.71 Å². The zero-order chi connectivity index (χ0) is 14.2. The number of ether oxygens (including phenoxy) is 2. The van der Waals surface area contributed by atoms with Gasteiger partial charge in [-0.05, 0) is 0 Å². The molecule has 1 aromatic carbocycles. The van der Waals surface area contributed by atoms with Crippen molar-refractivity contribution in [2.75, 3.05) is 0 Å². The van der Waals surface area contributed by atoms with Crippen molar-refractivity contribution >= 4 is 28.8 Å². The molecule has 2 rings (SSSR count). The van der Waals surface area contributed by atoms with Crippen molar-refractivity contribution < 1.29 is 29.3 Å². The fraction of sp³-hybridized carbons (Fsp3) is 0.333. The third-order valence-electron chi connectivity index (χ3n) is 2.61. The Kier molecular flexibility index (Phi) is 3.45. The van der Waals surface area contributed by atoms with Gasteiger partial charge in [0.15, 0.2) is 0 Å². The average Bonchev–Trinajstić information content (AvgIpc) is 2.68. The summed E-state index contributed by atoms with van der Waals surface area (Å²) in [7, 11) is 0. The molecule has 1 unspecified atom stereocenters. The van der Waals surface area contributed by atoms with E-state index in [1.165, 1.54) is 6.07 Å². The van der Waals surface area contributed by atoms with Gasteiger partial charge in [0.05, 0.1) is 0 Å². The van der Waals surface area contributed by atoms with Crippen LogP contribution in [-0.4, -0.2) is 44.8 Å². The Morgan fingerprint density at radius 3 is 2.37 bits per heavy atom. The number of aliphatic carboxylic acids is 2. The molecule has 1 atom stereocenters. The third kappa shape index (κ3) is 2.40. The summed E-state index contributed by atoms with van der Waals surface area (Å²) in [5, 5.41) is 18.0. The van der Waals surface area contributed by atoms with E-state index in [2.05, 4.69) is 16.9 Å². The minimum atomic E-state index is -2.69. The van der Waals surface area contributed by atoms with Crippen molar-refractivity contribution in [3.63, 3.8) is 0 Å². The van der Waals surface area contributed by atoms with Crippen molar-refractivity contribution in [3.05, 3.63) is 23.8 Å². The van der Waals surface area contributed by atoms with Crippen LogP contribution in [0.4, 0.5) is 0 Å². The summed E-state index contributed by atoms with van der Waals surface area (Å²) in [6, 6.07) is 4.88. The van der Waals surface area contributed by atoms with Gasteiger partial charge in [-0.1, -0.05) is 0 Å². The predicted molar refractivity (Wildman–Crippen MR) is 64.6 cm³/mol. The van der Waals surface area contributed by atoms with Gasteiger partial charge in [-0.25, -0.2) is 0 Å². The van der Waals surface area contributed by atoms with E-state index in [0.29, 0.717) is 4.71 Å². The molecule has 0 spiro atoms. The molecule has 1 heterocycles. The first-order valence-electron chi connectivity index (χ1n) is 5.51. The van der Waals surface area contributed by atoms with Gasteiger partial charge >= 0.3 is 117 Å². The van der Waals surface area contributed by atoms with Crippen LogP contribution in [0.25, 0.3) is 0 Å². The van der Waals surface area contributed by atoms with Crippen molar-refractivity contribution in [3.8, 4) is 11.5 Å². The Hall–Kier alpha value is -1.68. The van der Waals surface area contributed by atoms with E-state index in [4.69, 9.17) is 19.7 Å². The number of hydrogen-bond donors (Lipinski definition) is 2. The quantitative estimate of drug-likeness (QED) is 0.629. The third-order valence-corrected chi connectivity index (χ3v) is 2.99. The molecular formula is C12H11AsO6. The first-order valence-corrected chi connectivity index (χ1v) is 6.59. The number of hydrogen-bond acceptors (Lipinski definition) is 4. The van der Waals surface area contributed by atoms with Crippen LogP contribution < -0.4 is 9.47 Å². The zero-order valence-corrected chi connectivity index (χ0v) is 11.9. The second-order valence-corrected chi connectivity index (χ2v) is 6.11. The fourth-order valence-corrected chi connectivity index (χ4v) is 2.22. The molecule has 2 radical (unpaired) electrons. The number of carbonyl (C=O) groups is 2. The second-order valence-electron chi connectivity index (χ2n) is 4.27. The Morgan fingerprint density at radius 1 is 1.26 bits per heavy atom. The van der Waals surface area contributed by atoms with Crippen molar-refractivity contribution in [1.29, 1.82) is 0 Å². The SMILES string of the molecule is CC([As])Cc1ccc2c(c1)OC(C(=O)O)(C(=O)O)O2. The average molecular weight is 326 g/mol. The number of carboxylic acids is 2. The zero-order valence-electron chi connectivity index (χ0n) is 9.99. The molecule has 0 aliphatic carbocycles. The minimum absolute atomic E-state index is 0.117. The molecule has 1 aliphatic rings. The van der Waals surface area contributed by atoms with Crippen LogP contribution in [0.1, 0.15) is 12.5 Å². The Labute approximate surface area is 117 Å². The van der Waals surface area contributed by atoms with Crippen LogP contribution in [0, 0.1) is 0 Å². The van der Waals surface area contributed by atoms with Gasteiger partial charge in [-0.3, -0.25) is 0 Å². The van der Waals surface area contributed by atoms with E-state index in [1.807, 2.05) is 6.92 Å². The Balaban J connectivity index is 2.34. The molecule has 0 aromatic heterocycles. The van der Waals surface area contributed by atoms with Crippen LogP contribution >= 0.6 is 0 Å². The molecule has 2 N–H and O–H groups in total. The number of rotatable bonds is 4. The van der Waals surface area contributed by atoms with E-state index >= 15 is 0 Å². The molecule has 100 valence electrons. The molecular weight excluding hydrogens is 315 g/mol. The standard InChI is InChI=1S/C12H11AsO6/c1-6(13)4-7-2-3-8-9(5-7)19-12(18-8,10(14)15)11(16)17/h2-3,5-6H,4H2,1H3,(H,14,15)(H,16,17). The number of benzene rings is 1. The summed E-state index contributed by atoms with van der Waals surface area (Å²) in [6.45, 7) is 2.02. The molecule has 0 saturated carbocycles. The van der Waals surface area contributed by atoms with E-state index in [9.17, 15) is 9.59 Å². The summed E-state index contributed by atoms with van der Waals surface area (Å²) in [5.41, 5.74) is 0.919. The summed E-state index contributed by atoms with van der Waals surface area (Å²) < 4.78 is 10.3. The molecule has 1 aliphatic heterocycles. The fourth-order valence-electron chi connectivity index (χ4n) is 1.78. The van der Waals surface area contributed by atoms with Crippen LogP contribution in [0.3, 0.4) is 0 Å². The van der Waals surface area contributed by atoms with Gasteiger partial charge in [-0.15, -0.1) is 0 Å². The monoisotopic (exact) mass is 326 g/mol. The number of carboxylic acid groups (broad SMARTS) is 2. The second kappa shape index (κ2) is 4.77. The van der Waals surface area contributed by atoms with E-state index < -0.39 is 17.7 Å². The molecule has 0 fully saturated rings. The molecule has 7 heteroatoms. The van der Waals surface area contributed by atoms with Gasteiger partial charge in [0, 0.05) is 0 Å². The van der Waals surface area contributed by atoms with E-state index in [0.717, 1.165) is 12.0 Å². The molecule has 0 saturated heterocycles. The van der Waals surface area contributed by atoms with Gasteiger partial charge in [0.25, 0.3) is 0 Å². The van der Waals surface area contributed by atoms with E-state index in [-0.39, 0.29) is 11.5 Å². The van der Waals surface area contributed by atoms with Crippen molar-refractivity contribution in [2.45, 2.75) is 23.8 Å². The topological polar surface area (TPSA) is 93.1 Å². The summed E-state index contributed by atoms with van der Waals surface area (Å²) in [5.74, 6) is -5.83. The maximum absolute atomic E-state index is 11.1. The summed E-state index contributed by atoms with van der Waals surface area (Å²) in [6.07, 6.45) is 0.754.